The van der Waals surface area contributed by atoms with Crippen molar-refractivity contribution in [2.75, 3.05) is 0 Å². The fourth-order valence-electron chi connectivity index (χ4n) is 10.2. The average molecular weight is 715 g/mol. The average Bonchev–Trinajstić information content (AvgIpc) is 3.71. The number of aliphatic imine (C=N–C) groups is 1. The summed E-state index contributed by atoms with van der Waals surface area (Å²) in [6, 6.07) is 63.1. The van der Waals surface area contributed by atoms with Crippen molar-refractivity contribution in [3.8, 4) is 22.3 Å². The van der Waals surface area contributed by atoms with Gasteiger partial charge in [-0.05, 0) is 111 Å². The number of fused-ring (bicyclic) bond motifs is 12. The highest BCUT2D eigenvalue weighted by Crippen LogP contribution is 2.54. The van der Waals surface area contributed by atoms with E-state index in [4.69, 9.17) is 4.99 Å². The molecule has 0 amide bonds. The Morgan fingerprint density at radius 2 is 1.21 bits per heavy atom. The number of rotatable bonds is 3. The van der Waals surface area contributed by atoms with Crippen LogP contribution in [0.4, 0.5) is 5.69 Å². The van der Waals surface area contributed by atoms with Gasteiger partial charge in [-0.2, -0.15) is 0 Å². The van der Waals surface area contributed by atoms with E-state index in [9.17, 15) is 0 Å². The van der Waals surface area contributed by atoms with Gasteiger partial charge in [0.25, 0.3) is 0 Å². The van der Waals surface area contributed by atoms with Gasteiger partial charge >= 0.3 is 0 Å². The Hall–Kier alpha value is -6.77. The van der Waals surface area contributed by atoms with Gasteiger partial charge in [0.1, 0.15) is 0 Å². The number of hydrogen-bond donors (Lipinski definition) is 0. The van der Waals surface area contributed by atoms with E-state index in [2.05, 4.69) is 180 Å². The van der Waals surface area contributed by atoms with Crippen LogP contribution in [-0.2, 0) is 6.42 Å². The second-order valence-corrected chi connectivity index (χ2v) is 15.6. The molecule has 1 aliphatic carbocycles. The van der Waals surface area contributed by atoms with Crippen LogP contribution in [0.1, 0.15) is 47.4 Å². The molecular weight excluding hydrogens is 677 g/mol. The van der Waals surface area contributed by atoms with Crippen molar-refractivity contribution >= 4 is 65.8 Å². The first-order valence-electron chi connectivity index (χ1n) is 20.0. The van der Waals surface area contributed by atoms with E-state index in [0.717, 1.165) is 37.1 Å². The van der Waals surface area contributed by atoms with Crippen LogP contribution in [0.5, 0.6) is 0 Å². The zero-order valence-corrected chi connectivity index (χ0v) is 31.0. The highest BCUT2D eigenvalue weighted by Gasteiger charge is 2.33. The van der Waals surface area contributed by atoms with Gasteiger partial charge in [-0.15, -0.1) is 0 Å². The van der Waals surface area contributed by atoms with Gasteiger partial charge in [-0.1, -0.05) is 146 Å². The molecule has 0 bridgehead atoms. The zero-order chi connectivity index (χ0) is 36.7. The summed E-state index contributed by atoms with van der Waals surface area (Å²) in [7, 11) is 0. The largest absolute Gasteiger partial charge is 0.308 e. The topological polar surface area (TPSA) is 16.8 Å². The fraction of sp³-hybridized carbons (Fsp3) is 0.0926. The molecule has 0 spiro atoms. The Bertz CT molecular complexity index is 3240. The van der Waals surface area contributed by atoms with Crippen molar-refractivity contribution in [1.82, 2.24) is 4.40 Å². The Balaban J connectivity index is 1.17. The first-order valence-corrected chi connectivity index (χ1v) is 20.0. The Morgan fingerprint density at radius 1 is 0.500 bits per heavy atom. The lowest BCUT2D eigenvalue weighted by molar-refractivity contribution is 0.763. The van der Waals surface area contributed by atoms with Crippen LogP contribution in [0.15, 0.2) is 181 Å². The molecule has 1 aliphatic heterocycles. The molecule has 3 heterocycles. The molecule has 264 valence electrons. The number of para-hydroxylation sites is 3. The smallest absolute Gasteiger partial charge is 0.0708 e. The van der Waals surface area contributed by atoms with Crippen LogP contribution in [0.3, 0.4) is 0 Å². The minimum Gasteiger partial charge on any atom is -0.308 e. The molecule has 2 aliphatic rings. The van der Waals surface area contributed by atoms with Crippen LogP contribution in [0, 0.1) is 0 Å². The molecule has 0 fully saturated rings. The van der Waals surface area contributed by atoms with Crippen molar-refractivity contribution in [1.29, 1.82) is 0 Å². The standard InChI is InChI=1S/C54H38N2/c1-2-15-36(16-3-1)48-25-13-23-40(41-19-6-9-24-49(41)55-48)43-31-30-35-28-29-37(39-22-12-17-34-14-4-5-18-38(34)39)32-45(35)46-33-47-42-20-7-10-26-50(42)56-51-27-11-8-21-44(51)53(52(43)46)54(47)56/h1-12,14-24,26-29,32-33,43H,13,25,30-31H2/b40-23+,55-48+. The Labute approximate surface area is 326 Å². The van der Waals surface area contributed by atoms with Crippen LogP contribution >= 0.6 is 0 Å². The SMILES string of the molecule is C1=C(/C2CCc3ccc(-c4cccc5ccccc45)cc3-c3cc4c5ccccc5n5c6ccccc6c(c32)c45)c2ccccc2/N=C(/c2ccccc2)CC/1. The predicted molar refractivity (Wildman–Crippen MR) is 237 cm³/mol. The van der Waals surface area contributed by atoms with Crippen molar-refractivity contribution in [3.63, 3.8) is 0 Å². The summed E-state index contributed by atoms with van der Waals surface area (Å²) in [6.45, 7) is 0. The third-order valence-corrected chi connectivity index (χ3v) is 12.7. The lowest BCUT2D eigenvalue weighted by atomic mass is 9.78. The van der Waals surface area contributed by atoms with Gasteiger partial charge < -0.3 is 4.40 Å². The second kappa shape index (κ2) is 12.4. The van der Waals surface area contributed by atoms with Gasteiger partial charge in [-0.3, -0.25) is 4.99 Å². The summed E-state index contributed by atoms with van der Waals surface area (Å²) in [6.07, 6.45) is 6.42. The van der Waals surface area contributed by atoms with Crippen LogP contribution < -0.4 is 0 Å². The highest BCUT2D eigenvalue weighted by atomic mass is 14.9. The quantitative estimate of drug-likeness (QED) is 0.173. The molecule has 2 nitrogen and oxygen atoms in total. The van der Waals surface area contributed by atoms with Crippen molar-refractivity contribution < 1.29 is 0 Å². The fourth-order valence-corrected chi connectivity index (χ4v) is 10.2. The van der Waals surface area contributed by atoms with Crippen molar-refractivity contribution in [2.24, 2.45) is 4.99 Å². The van der Waals surface area contributed by atoms with E-state index in [1.807, 2.05) is 0 Å². The lowest BCUT2D eigenvalue weighted by Gasteiger charge is -2.26. The number of hydrogen-bond acceptors (Lipinski definition) is 1. The predicted octanol–water partition coefficient (Wildman–Crippen LogP) is 14.4. The number of aryl methyl sites for hydroxylation is 1. The van der Waals surface area contributed by atoms with Gasteiger partial charge in [0, 0.05) is 38.7 Å². The molecule has 0 radical (unpaired) electrons. The van der Waals surface area contributed by atoms with E-state index in [1.165, 1.54) is 98.9 Å². The zero-order valence-electron chi connectivity index (χ0n) is 31.0. The van der Waals surface area contributed by atoms with E-state index in [0.29, 0.717) is 0 Å². The summed E-state index contributed by atoms with van der Waals surface area (Å²) < 4.78 is 2.54. The molecule has 1 atom stereocenters. The van der Waals surface area contributed by atoms with E-state index >= 15 is 0 Å². The highest BCUT2D eigenvalue weighted by molar-refractivity contribution is 6.26. The maximum atomic E-state index is 5.44. The number of aromatic nitrogens is 1. The molecule has 2 aromatic heterocycles. The van der Waals surface area contributed by atoms with Gasteiger partial charge in [-0.25, -0.2) is 0 Å². The van der Waals surface area contributed by atoms with Crippen molar-refractivity contribution in [3.05, 3.63) is 198 Å². The summed E-state index contributed by atoms with van der Waals surface area (Å²) in [4.78, 5) is 5.44. The molecule has 1 unspecified atom stereocenters. The first kappa shape index (κ1) is 31.6. The Kier molecular flexibility index (Phi) is 6.98. The summed E-state index contributed by atoms with van der Waals surface area (Å²) in [5, 5.41) is 7.93. The lowest BCUT2D eigenvalue weighted by Crippen LogP contribution is -2.08. The van der Waals surface area contributed by atoms with E-state index < -0.39 is 0 Å². The number of nitrogens with zero attached hydrogens (tertiary/aromatic N) is 2. The maximum Gasteiger partial charge on any atom is 0.0708 e. The van der Waals surface area contributed by atoms with Gasteiger partial charge in [0.2, 0.25) is 0 Å². The van der Waals surface area contributed by atoms with Gasteiger partial charge in [0.05, 0.1) is 22.2 Å². The molecule has 2 heteroatoms. The molecule has 0 saturated heterocycles. The molecule has 12 rings (SSSR count). The Morgan fingerprint density at radius 3 is 2.11 bits per heavy atom. The third-order valence-electron chi connectivity index (χ3n) is 12.7. The minimum atomic E-state index is 0.171. The first-order chi connectivity index (χ1) is 27.8. The molecule has 0 N–H and O–H groups in total. The molecule has 56 heavy (non-hydrogen) atoms. The van der Waals surface area contributed by atoms with Crippen LogP contribution in [0.2, 0.25) is 0 Å². The number of allylic oxidation sites excluding steroid dienone is 2. The second-order valence-electron chi connectivity index (χ2n) is 15.6. The summed E-state index contributed by atoms with van der Waals surface area (Å²) in [5.41, 5.74) is 18.1. The minimum absolute atomic E-state index is 0.171. The summed E-state index contributed by atoms with van der Waals surface area (Å²) in [5.74, 6) is 0.171. The molecule has 8 aromatic carbocycles. The maximum absolute atomic E-state index is 5.44. The molecule has 0 saturated carbocycles. The molecule has 10 aromatic rings. The third kappa shape index (κ3) is 4.66. The summed E-state index contributed by atoms with van der Waals surface area (Å²) >= 11 is 0. The van der Waals surface area contributed by atoms with E-state index in [-0.39, 0.29) is 5.92 Å². The van der Waals surface area contributed by atoms with E-state index in [1.54, 1.807) is 0 Å². The molecular formula is C54H38N2. The number of benzene rings is 8. The van der Waals surface area contributed by atoms with Gasteiger partial charge in [0.15, 0.2) is 0 Å². The normalized spacial score (nSPS) is 17.5. The van der Waals surface area contributed by atoms with Crippen LogP contribution in [-0.4, -0.2) is 10.1 Å². The van der Waals surface area contributed by atoms with Crippen molar-refractivity contribution in [2.45, 2.75) is 31.6 Å². The van der Waals surface area contributed by atoms with Crippen LogP contribution in [0.25, 0.3) is 76.7 Å². The monoisotopic (exact) mass is 714 g/mol.